The monoisotopic (exact) mass is 290 g/mol. The summed E-state index contributed by atoms with van der Waals surface area (Å²) in [6.07, 6.45) is 0.621. The van der Waals surface area contributed by atoms with Crippen LogP contribution < -0.4 is 10.6 Å². The molecule has 1 aliphatic rings. The van der Waals surface area contributed by atoms with Gasteiger partial charge >= 0.3 is 6.09 Å². The highest BCUT2D eigenvalue weighted by atomic mass is 16.6. The van der Waals surface area contributed by atoms with Crippen molar-refractivity contribution in [3.63, 3.8) is 0 Å². The molecule has 1 aliphatic carbocycles. The Morgan fingerprint density at radius 2 is 1.95 bits per heavy atom. The summed E-state index contributed by atoms with van der Waals surface area (Å²) in [4.78, 5) is 11.7. The number of hydrogen-bond acceptors (Lipinski definition) is 3. The van der Waals surface area contributed by atoms with Gasteiger partial charge in [-0.1, -0.05) is 24.3 Å². The second-order valence-corrected chi connectivity index (χ2v) is 6.84. The zero-order chi connectivity index (χ0) is 15.6. The van der Waals surface area contributed by atoms with Crippen molar-refractivity contribution in [2.75, 3.05) is 0 Å². The first-order valence-electron chi connectivity index (χ1n) is 7.57. The van der Waals surface area contributed by atoms with Gasteiger partial charge in [-0.05, 0) is 52.2 Å². The molecule has 0 aromatic heterocycles. The molecule has 1 fully saturated rings. The van der Waals surface area contributed by atoms with Crippen molar-refractivity contribution in [1.29, 1.82) is 0 Å². The van der Waals surface area contributed by atoms with Gasteiger partial charge in [0.15, 0.2) is 0 Å². The Hall–Kier alpha value is -1.55. The van der Waals surface area contributed by atoms with E-state index in [1.165, 1.54) is 11.1 Å². The van der Waals surface area contributed by atoms with Gasteiger partial charge in [0.25, 0.3) is 0 Å². The molecule has 0 aliphatic heterocycles. The van der Waals surface area contributed by atoms with E-state index in [2.05, 4.69) is 48.7 Å². The molecular weight excluding hydrogens is 264 g/mol. The summed E-state index contributed by atoms with van der Waals surface area (Å²) in [7, 11) is 0. The first-order chi connectivity index (χ1) is 9.76. The molecule has 3 atom stereocenters. The van der Waals surface area contributed by atoms with Crippen LogP contribution in [0.15, 0.2) is 24.3 Å². The Morgan fingerprint density at radius 1 is 1.29 bits per heavy atom. The quantitative estimate of drug-likeness (QED) is 0.894. The molecule has 0 heterocycles. The maximum atomic E-state index is 11.7. The number of alkyl carbamates (subject to hydrolysis) is 1. The van der Waals surface area contributed by atoms with Crippen LogP contribution >= 0.6 is 0 Å². The molecule has 1 aromatic rings. The fourth-order valence-corrected chi connectivity index (χ4v) is 2.48. The van der Waals surface area contributed by atoms with Gasteiger partial charge in [-0.3, -0.25) is 0 Å². The van der Waals surface area contributed by atoms with Gasteiger partial charge < -0.3 is 15.4 Å². The Balaban J connectivity index is 1.80. The number of rotatable bonds is 4. The van der Waals surface area contributed by atoms with E-state index in [1.54, 1.807) is 0 Å². The van der Waals surface area contributed by atoms with Gasteiger partial charge in [-0.15, -0.1) is 0 Å². The van der Waals surface area contributed by atoms with Crippen molar-refractivity contribution < 1.29 is 9.53 Å². The van der Waals surface area contributed by atoms with Gasteiger partial charge in [-0.25, -0.2) is 4.79 Å². The molecule has 0 bridgehead atoms. The minimum Gasteiger partial charge on any atom is -0.444 e. The van der Waals surface area contributed by atoms with Crippen molar-refractivity contribution in [1.82, 2.24) is 10.6 Å². The first kappa shape index (κ1) is 15.8. The fraction of sp³-hybridized carbons (Fsp3) is 0.588. The number of amides is 1. The standard InChI is InChI=1S/C17H26N2O2/c1-11-8-6-7-9-13(11)12(2)18-14-10-15(14)19-16(20)21-17(3,4)5/h6-9,12,14-15,18H,10H2,1-5H3,(H,19,20). The molecular formula is C17H26N2O2. The highest BCUT2D eigenvalue weighted by Gasteiger charge is 2.40. The second kappa shape index (κ2) is 6.06. The van der Waals surface area contributed by atoms with Crippen molar-refractivity contribution in [3.8, 4) is 0 Å². The number of hydrogen-bond donors (Lipinski definition) is 2. The van der Waals surface area contributed by atoms with Crippen molar-refractivity contribution in [3.05, 3.63) is 35.4 Å². The highest BCUT2D eigenvalue weighted by molar-refractivity contribution is 5.68. The van der Waals surface area contributed by atoms with Crippen LogP contribution in [0.25, 0.3) is 0 Å². The molecule has 4 nitrogen and oxygen atoms in total. The zero-order valence-corrected chi connectivity index (χ0v) is 13.6. The van der Waals surface area contributed by atoms with Crippen molar-refractivity contribution in [2.24, 2.45) is 0 Å². The number of nitrogens with one attached hydrogen (secondary N) is 2. The Kier molecular flexibility index (Phi) is 4.57. The molecule has 0 saturated heterocycles. The van der Waals surface area contributed by atoms with Gasteiger partial charge in [0.2, 0.25) is 0 Å². The van der Waals surface area contributed by atoms with E-state index in [-0.39, 0.29) is 18.2 Å². The topological polar surface area (TPSA) is 50.4 Å². The van der Waals surface area contributed by atoms with E-state index < -0.39 is 5.60 Å². The smallest absolute Gasteiger partial charge is 0.407 e. The number of carbonyl (C=O) groups excluding carboxylic acids is 1. The van der Waals surface area contributed by atoms with Crippen LogP contribution in [0.2, 0.25) is 0 Å². The van der Waals surface area contributed by atoms with Gasteiger partial charge in [-0.2, -0.15) is 0 Å². The lowest BCUT2D eigenvalue weighted by Crippen LogP contribution is -2.37. The van der Waals surface area contributed by atoms with Crippen LogP contribution in [0.5, 0.6) is 0 Å². The Bertz CT molecular complexity index is 508. The molecule has 2 rings (SSSR count). The van der Waals surface area contributed by atoms with Gasteiger partial charge in [0, 0.05) is 18.1 Å². The van der Waals surface area contributed by atoms with Gasteiger partial charge in [0.1, 0.15) is 5.60 Å². The summed E-state index contributed by atoms with van der Waals surface area (Å²) in [5.41, 5.74) is 2.14. The molecule has 116 valence electrons. The third-order valence-electron chi connectivity index (χ3n) is 3.61. The van der Waals surface area contributed by atoms with Crippen molar-refractivity contribution >= 4 is 6.09 Å². The highest BCUT2D eigenvalue weighted by Crippen LogP contribution is 2.26. The van der Waals surface area contributed by atoms with Crippen LogP contribution in [0.4, 0.5) is 4.79 Å². The van der Waals surface area contributed by atoms with E-state index in [9.17, 15) is 4.79 Å². The van der Waals surface area contributed by atoms with Gasteiger partial charge in [0.05, 0.1) is 0 Å². The van der Waals surface area contributed by atoms with Crippen molar-refractivity contribution in [2.45, 2.75) is 64.8 Å². The third-order valence-corrected chi connectivity index (χ3v) is 3.61. The maximum Gasteiger partial charge on any atom is 0.407 e. The fourth-order valence-electron chi connectivity index (χ4n) is 2.48. The summed E-state index contributed by atoms with van der Waals surface area (Å²) >= 11 is 0. The normalized spacial score (nSPS) is 22.5. The average molecular weight is 290 g/mol. The van der Waals surface area contributed by atoms with Crippen LogP contribution in [0, 0.1) is 6.92 Å². The van der Waals surface area contributed by atoms with Crippen LogP contribution in [-0.4, -0.2) is 23.8 Å². The van der Waals surface area contributed by atoms with Crippen LogP contribution in [0.1, 0.15) is 51.3 Å². The largest absolute Gasteiger partial charge is 0.444 e. The third kappa shape index (κ3) is 4.74. The summed E-state index contributed by atoms with van der Waals surface area (Å²) in [5.74, 6) is 0. The maximum absolute atomic E-state index is 11.7. The molecule has 1 aromatic carbocycles. The SMILES string of the molecule is Cc1ccccc1C(C)NC1CC1NC(=O)OC(C)(C)C. The molecule has 3 unspecified atom stereocenters. The van der Waals surface area contributed by atoms with Crippen LogP contribution in [-0.2, 0) is 4.74 Å². The average Bonchev–Trinajstić information content (AvgIpc) is 3.04. The molecule has 21 heavy (non-hydrogen) atoms. The molecule has 4 heteroatoms. The number of carbonyl (C=O) groups is 1. The van der Waals surface area contributed by atoms with E-state index in [0.29, 0.717) is 6.04 Å². The minimum absolute atomic E-state index is 0.173. The molecule has 1 amide bonds. The molecule has 1 saturated carbocycles. The second-order valence-electron chi connectivity index (χ2n) is 6.84. The molecule has 2 N–H and O–H groups in total. The summed E-state index contributed by atoms with van der Waals surface area (Å²) < 4.78 is 5.27. The van der Waals surface area contributed by atoms with E-state index in [1.807, 2.05) is 20.8 Å². The summed E-state index contributed by atoms with van der Waals surface area (Å²) in [5, 5.41) is 6.47. The predicted octanol–water partition coefficient (Wildman–Crippen LogP) is 3.31. The van der Waals surface area contributed by atoms with Crippen LogP contribution in [0.3, 0.4) is 0 Å². The molecule has 0 radical (unpaired) electrons. The molecule has 0 spiro atoms. The lowest BCUT2D eigenvalue weighted by Gasteiger charge is -2.20. The number of ether oxygens (including phenoxy) is 1. The van der Waals surface area contributed by atoms with E-state index in [4.69, 9.17) is 4.74 Å². The predicted molar refractivity (Wildman–Crippen MR) is 84.3 cm³/mol. The zero-order valence-electron chi connectivity index (χ0n) is 13.6. The number of aryl methyl sites for hydroxylation is 1. The lowest BCUT2D eigenvalue weighted by molar-refractivity contribution is 0.0522. The van der Waals surface area contributed by atoms with E-state index >= 15 is 0 Å². The van der Waals surface area contributed by atoms with E-state index in [0.717, 1.165) is 6.42 Å². The Labute approximate surface area is 127 Å². The minimum atomic E-state index is -0.448. The lowest BCUT2D eigenvalue weighted by atomic mass is 10.0. The summed E-state index contributed by atoms with van der Waals surface area (Å²) in [6.45, 7) is 9.89. The Morgan fingerprint density at radius 3 is 2.57 bits per heavy atom. The summed E-state index contributed by atoms with van der Waals surface area (Å²) in [6, 6.07) is 9.15. The number of benzene rings is 1. The first-order valence-corrected chi connectivity index (χ1v) is 7.57.